The van der Waals surface area contributed by atoms with E-state index in [9.17, 15) is 9.59 Å². The molecule has 1 heterocycles. The van der Waals surface area contributed by atoms with Crippen molar-refractivity contribution in [2.45, 2.75) is 32.2 Å². The molecule has 0 bridgehead atoms. The normalized spacial score (nSPS) is 12.0. The van der Waals surface area contributed by atoms with Crippen LogP contribution in [0.15, 0.2) is 60.8 Å². The molecule has 1 atom stereocenters. The van der Waals surface area contributed by atoms with E-state index >= 15 is 0 Å². The molecule has 2 N–H and O–H groups in total. The summed E-state index contributed by atoms with van der Waals surface area (Å²) in [6.45, 7) is 6.12. The molecule has 2 aromatic carbocycles. The molecule has 174 valence electrons. The van der Waals surface area contributed by atoms with Crippen LogP contribution in [0.1, 0.15) is 37.9 Å². The summed E-state index contributed by atoms with van der Waals surface area (Å²) in [5.74, 6) is 0.173. The largest absolute Gasteiger partial charge is 0.497 e. The first kappa shape index (κ1) is 23.8. The third-order valence-corrected chi connectivity index (χ3v) is 5.08. The summed E-state index contributed by atoms with van der Waals surface area (Å²) >= 11 is 0. The number of rotatable bonds is 8. The summed E-state index contributed by atoms with van der Waals surface area (Å²) < 4.78 is 12.2. The first-order valence-electron chi connectivity index (χ1n) is 10.6. The van der Waals surface area contributed by atoms with Gasteiger partial charge in [0.25, 0.3) is 11.8 Å². The van der Waals surface area contributed by atoms with Crippen molar-refractivity contribution < 1.29 is 19.1 Å². The zero-order valence-corrected chi connectivity index (χ0v) is 19.6. The Bertz CT molecular complexity index is 1080. The molecular weight excluding hydrogens is 420 g/mol. The van der Waals surface area contributed by atoms with Gasteiger partial charge in [0.15, 0.2) is 6.61 Å². The topological polar surface area (TPSA) is 94.5 Å². The molecule has 0 aliphatic heterocycles. The Morgan fingerprint density at radius 1 is 1.03 bits per heavy atom. The van der Waals surface area contributed by atoms with Crippen molar-refractivity contribution in [3.63, 3.8) is 0 Å². The van der Waals surface area contributed by atoms with Crippen LogP contribution in [-0.2, 0) is 22.1 Å². The molecule has 33 heavy (non-hydrogen) atoms. The smallest absolute Gasteiger partial charge is 0.258 e. The number of nitrogens with one attached hydrogen (secondary N) is 2. The number of benzene rings is 2. The summed E-state index contributed by atoms with van der Waals surface area (Å²) in [5, 5.41) is 9.72. The maximum atomic E-state index is 13.1. The highest BCUT2D eigenvalue weighted by Crippen LogP contribution is 2.24. The molecule has 0 aliphatic rings. The number of carbonyl (C=O) groups is 2. The number of hydrogen-bond donors (Lipinski definition) is 2. The maximum Gasteiger partial charge on any atom is 0.258 e. The van der Waals surface area contributed by atoms with Crippen LogP contribution in [0.2, 0.25) is 0 Å². The van der Waals surface area contributed by atoms with Crippen molar-refractivity contribution in [2.24, 2.45) is 7.05 Å². The van der Waals surface area contributed by atoms with E-state index < -0.39 is 11.9 Å². The predicted molar refractivity (Wildman–Crippen MR) is 126 cm³/mol. The highest BCUT2D eigenvalue weighted by molar-refractivity contribution is 5.98. The molecule has 0 radical (unpaired) electrons. The summed E-state index contributed by atoms with van der Waals surface area (Å²) in [6.07, 6.45) is 1.71. The third-order valence-electron chi connectivity index (χ3n) is 5.08. The van der Waals surface area contributed by atoms with Crippen LogP contribution in [0.4, 0.5) is 5.69 Å². The van der Waals surface area contributed by atoms with Gasteiger partial charge in [-0.15, -0.1) is 5.10 Å². The van der Waals surface area contributed by atoms with Crippen LogP contribution in [0.3, 0.4) is 0 Å². The number of methoxy groups -OCH3 is 1. The van der Waals surface area contributed by atoms with Crippen molar-refractivity contribution in [3.8, 4) is 11.6 Å². The molecule has 0 saturated heterocycles. The van der Waals surface area contributed by atoms with Crippen molar-refractivity contribution >= 4 is 17.5 Å². The van der Waals surface area contributed by atoms with E-state index in [1.54, 1.807) is 55.4 Å². The lowest BCUT2D eigenvalue weighted by molar-refractivity contribution is -0.128. The molecule has 0 spiro atoms. The minimum atomic E-state index is -0.918. The first-order chi connectivity index (χ1) is 15.7. The van der Waals surface area contributed by atoms with E-state index in [-0.39, 0.29) is 17.9 Å². The van der Waals surface area contributed by atoms with Crippen LogP contribution in [0.5, 0.6) is 11.6 Å². The van der Waals surface area contributed by atoms with Crippen LogP contribution in [-0.4, -0.2) is 35.3 Å². The van der Waals surface area contributed by atoms with Gasteiger partial charge in [-0.25, -0.2) is 0 Å². The Kier molecular flexibility index (Phi) is 7.37. The van der Waals surface area contributed by atoms with Gasteiger partial charge in [-0.05, 0) is 40.8 Å². The van der Waals surface area contributed by atoms with E-state index in [2.05, 4.69) is 36.5 Å². The Hall–Kier alpha value is -3.81. The summed E-state index contributed by atoms with van der Waals surface area (Å²) in [5.41, 5.74) is 2.43. The average Bonchev–Trinajstić information content (AvgIpc) is 3.21. The molecule has 3 aromatic rings. The summed E-state index contributed by atoms with van der Waals surface area (Å²) in [7, 11) is 3.32. The Morgan fingerprint density at radius 3 is 2.24 bits per heavy atom. The predicted octanol–water partition coefficient (Wildman–Crippen LogP) is 3.60. The fourth-order valence-corrected chi connectivity index (χ4v) is 3.18. The minimum absolute atomic E-state index is 0.00968. The van der Waals surface area contributed by atoms with Crippen molar-refractivity contribution in [1.82, 2.24) is 15.1 Å². The molecule has 0 fully saturated rings. The van der Waals surface area contributed by atoms with Gasteiger partial charge in [-0.2, -0.15) is 0 Å². The highest BCUT2D eigenvalue weighted by Gasteiger charge is 2.24. The Morgan fingerprint density at radius 2 is 1.70 bits per heavy atom. The van der Waals surface area contributed by atoms with E-state index in [0.29, 0.717) is 22.9 Å². The second-order valence-electron chi connectivity index (χ2n) is 8.71. The SMILES string of the molecule is COc1ccc(C(NC(=O)COc2ccn(C)n2)C(=O)Nc2ccc(C(C)(C)C)cc2)cc1. The lowest BCUT2D eigenvalue weighted by Gasteiger charge is -2.21. The van der Waals surface area contributed by atoms with E-state index in [1.807, 2.05) is 24.3 Å². The number of anilines is 1. The molecule has 1 aromatic heterocycles. The fraction of sp³-hybridized carbons (Fsp3) is 0.320. The van der Waals surface area contributed by atoms with Crippen molar-refractivity contribution in [1.29, 1.82) is 0 Å². The van der Waals surface area contributed by atoms with Gasteiger partial charge in [-0.3, -0.25) is 14.3 Å². The fourth-order valence-electron chi connectivity index (χ4n) is 3.18. The number of carbonyl (C=O) groups excluding carboxylic acids is 2. The number of nitrogens with zero attached hydrogens (tertiary/aromatic N) is 2. The maximum absolute atomic E-state index is 13.1. The van der Waals surface area contributed by atoms with Gasteiger partial charge in [0.05, 0.1) is 7.11 Å². The van der Waals surface area contributed by atoms with Gasteiger partial charge < -0.3 is 20.1 Å². The number of ether oxygens (including phenoxy) is 2. The number of hydrogen-bond acceptors (Lipinski definition) is 5. The van der Waals surface area contributed by atoms with Crippen LogP contribution < -0.4 is 20.1 Å². The van der Waals surface area contributed by atoms with E-state index in [0.717, 1.165) is 5.56 Å². The van der Waals surface area contributed by atoms with Crippen LogP contribution in [0.25, 0.3) is 0 Å². The van der Waals surface area contributed by atoms with Crippen LogP contribution in [0, 0.1) is 0 Å². The second-order valence-corrected chi connectivity index (χ2v) is 8.71. The third kappa shape index (κ3) is 6.58. The standard InChI is InChI=1S/C25H30N4O4/c1-25(2,3)18-8-10-19(11-9-18)26-24(31)23(17-6-12-20(32-5)13-7-17)27-21(30)16-33-22-14-15-29(4)28-22/h6-15,23H,16H2,1-5H3,(H,26,31)(H,27,30). The quantitative estimate of drug-likeness (QED) is 0.547. The summed E-state index contributed by atoms with van der Waals surface area (Å²) in [6, 6.07) is 15.4. The van der Waals surface area contributed by atoms with Gasteiger partial charge in [0, 0.05) is 25.0 Å². The van der Waals surface area contributed by atoms with E-state index in [4.69, 9.17) is 9.47 Å². The molecule has 1 unspecified atom stereocenters. The molecule has 3 rings (SSSR count). The van der Waals surface area contributed by atoms with Crippen LogP contribution >= 0.6 is 0 Å². The molecular formula is C25H30N4O4. The number of aryl methyl sites for hydroxylation is 1. The Labute approximate surface area is 193 Å². The minimum Gasteiger partial charge on any atom is -0.497 e. The monoisotopic (exact) mass is 450 g/mol. The number of aromatic nitrogens is 2. The first-order valence-corrected chi connectivity index (χ1v) is 10.6. The van der Waals surface area contributed by atoms with E-state index in [1.165, 1.54) is 0 Å². The van der Waals surface area contributed by atoms with Gasteiger partial charge in [-0.1, -0.05) is 45.0 Å². The van der Waals surface area contributed by atoms with Crippen molar-refractivity contribution in [3.05, 3.63) is 71.9 Å². The zero-order chi connectivity index (χ0) is 24.0. The van der Waals surface area contributed by atoms with Gasteiger partial charge in [0.2, 0.25) is 5.88 Å². The zero-order valence-electron chi connectivity index (χ0n) is 19.6. The molecule has 0 saturated carbocycles. The molecule has 2 amide bonds. The molecule has 0 aliphatic carbocycles. The number of amides is 2. The lowest BCUT2D eigenvalue weighted by Crippen LogP contribution is -2.39. The Balaban J connectivity index is 1.73. The summed E-state index contributed by atoms with van der Waals surface area (Å²) in [4.78, 5) is 25.7. The lowest BCUT2D eigenvalue weighted by atomic mass is 9.87. The molecule has 8 nitrogen and oxygen atoms in total. The second kappa shape index (κ2) is 10.2. The van der Waals surface area contributed by atoms with Gasteiger partial charge >= 0.3 is 0 Å². The van der Waals surface area contributed by atoms with Crippen molar-refractivity contribution in [2.75, 3.05) is 19.0 Å². The average molecular weight is 451 g/mol. The molecule has 8 heteroatoms. The highest BCUT2D eigenvalue weighted by atomic mass is 16.5. The van der Waals surface area contributed by atoms with Gasteiger partial charge in [0.1, 0.15) is 11.8 Å².